The van der Waals surface area contributed by atoms with Crippen LogP contribution in [0.5, 0.6) is 0 Å². The van der Waals surface area contributed by atoms with E-state index in [1.807, 2.05) is 55.6 Å². The number of carbonyl (C=O) groups is 16. The SMILES string of the molecule is CC(C)C[C@H](NC(=O)[C@@H](Cc1ccc(NC(=O)CCNC(=O)C(O)C(C)(C)CO)cc1)NC(=O)[C@H](Cc1ccc(NC(=O)C2CC(=O)NC(=O)N2)cc1)NC(=O)[C@H](CO)NC(=O)[C@@H](Cc1cccnc1)NC(=O)[C@@H](Cc1ccc(Cl)cc1)NC(=O)[C@@H](Cc1ccc2ccccc2c1)NC(N)=O)C(=O)N[C@@H](CCCCNC(C)C)C(=O)N1CCC[C@H]1C(=O)N[C@H](C)C(N)=O. The van der Waals surface area contributed by atoms with Gasteiger partial charge in [-0.3, -0.25) is 77.4 Å². The molecule has 0 saturated carbocycles. The molecule has 0 radical (unpaired) electrons. The van der Waals surface area contributed by atoms with Crippen molar-refractivity contribution >= 4 is 129 Å². The lowest BCUT2D eigenvalue weighted by Crippen LogP contribution is -2.62. The van der Waals surface area contributed by atoms with Gasteiger partial charge in [-0.2, -0.15) is 0 Å². The number of halogens is 1. The molecule has 0 bridgehead atoms. The van der Waals surface area contributed by atoms with Gasteiger partial charge in [0, 0.05) is 91.9 Å². The van der Waals surface area contributed by atoms with Crippen LogP contribution < -0.4 is 91.2 Å². The molecule has 2 aliphatic rings. The number of likely N-dealkylation sites (tertiary alicyclic amines) is 1. The van der Waals surface area contributed by atoms with Crippen LogP contribution in [0.25, 0.3) is 10.8 Å². The van der Waals surface area contributed by atoms with E-state index in [1.165, 1.54) is 86.6 Å². The summed E-state index contributed by atoms with van der Waals surface area (Å²) in [6.07, 6.45) is 0.658. The maximum Gasteiger partial charge on any atom is 0.322 e. The first-order chi connectivity index (χ1) is 60.8. The number of anilines is 2. The van der Waals surface area contributed by atoms with Gasteiger partial charge in [0.2, 0.25) is 82.7 Å². The third-order valence-electron chi connectivity index (χ3n) is 21.5. The highest BCUT2D eigenvalue weighted by molar-refractivity contribution is 6.30. The fourth-order valence-corrected chi connectivity index (χ4v) is 14.3. The van der Waals surface area contributed by atoms with Gasteiger partial charge < -0.3 is 106 Å². The van der Waals surface area contributed by atoms with E-state index in [9.17, 15) is 63.3 Å². The monoisotopic (exact) mass is 1790 g/mol. The Balaban J connectivity index is 1.12. The number of primary amides is 2. The number of aromatic nitrogens is 1. The molecule has 38 nitrogen and oxygen atoms in total. The lowest BCUT2D eigenvalue weighted by atomic mass is 9.87. The molecule has 0 spiro atoms. The number of pyridine rings is 1. The van der Waals surface area contributed by atoms with Gasteiger partial charge in [0.25, 0.3) is 0 Å². The topological polar surface area (TPSA) is 582 Å². The molecular formula is C89H116ClN19O19. The van der Waals surface area contributed by atoms with Crippen molar-refractivity contribution in [3.63, 3.8) is 0 Å². The number of nitrogens with zero attached hydrogens (tertiary/aromatic N) is 2. The van der Waals surface area contributed by atoms with Crippen LogP contribution in [0.3, 0.4) is 0 Å². The smallest absolute Gasteiger partial charge is 0.322 e. The Morgan fingerprint density at radius 1 is 0.547 bits per heavy atom. The number of urea groups is 2. The van der Waals surface area contributed by atoms with Gasteiger partial charge in [-0.1, -0.05) is 138 Å². The number of hydrogen-bond acceptors (Lipinski definition) is 21. The molecule has 8 rings (SSSR count). The van der Waals surface area contributed by atoms with E-state index in [0.29, 0.717) is 53.1 Å². The number of nitrogens with one attached hydrogen (secondary N) is 15. The predicted octanol–water partition coefficient (Wildman–Crippen LogP) is 0.380. The first-order valence-electron chi connectivity index (χ1n) is 42.4. The van der Waals surface area contributed by atoms with Gasteiger partial charge in [-0.25, -0.2) is 9.59 Å². The molecule has 2 fully saturated rings. The minimum atomic E-state index is -1.97. The van der Waals surface area contributed by atoms with Crippen LogP contribution >= 0.6 is 11.6 Å². The summed E-state index contributed by atoms with van der Waals surface area (Å²) in [5, 5.41) is 72.9. The molecule has 12 atom stereocenters. The summed E-state index contributed by atoms with van der Waals surface area (Å²) in [4.78, 5) is 228. The molecule has 2 saturated heterocycles. The highest BCUT2D eigenvalue weighted by Crippen LogP contribution is 2.25. The fourth-order valence-electron chi connectivity index (χ4n) is 14.2. The quantitative estimate of drug-likeness (QED) is 0.0230. The summed E-state index contributed by atoms with van der Waals surface area (Å²) in [6, 6.07) is 16.0. The van der Waals surface area contributed by atoms with E-state index in [0.717, 1.165) is 10.8 Å². The molecule has 6 aromatic rings. The van der Waals surface area contributed by atoms with Crippen LogP contribution in [0.2, 0.25) is 5.02 Å². The Morgan fingerprint density at radius 3 is 1.57 bits per heavy atom. The highest BCUT2D eigenvalue weighted by Gasteiger charge is 2.42. The van der Waals surface area contributed by atoms with Gasteiger partial charge in [0.05, 0.1) is 19.6 Å². The number of unbranched alkanes of at least 4 members (excludes halogenated alkanes) is 1. The van der Waals surface area contributed by atoms with Crippen LogP contribution in [0.15, 0.2) is 140 Å². The molecule has 2 aliphatic heterocycles. The van der Waals surface area contributed by atoms with E-state index >= 15 is 28.8 Å². The van der Waals surface area contributed by atoms with Crippen LogP contribution in [0.4, 0.5) is 21.0 Å². The second-order valence-corrected chi connectivity index (χ2v) is 33.7. The number of rotatable bonds is 47. The second kappa shape index (κ2) is 48.6. The Morgan fingerprint density at radius 2 is 1.05 bits per heavy atom. The van der Waals surface area contributed by atoms with Crippen LogP contribution in [0, 0.1) is 11.3 Å². The molecule has 688 valence electrons. The van der Waals surface area contributed by atoms with Crippen molar-refractivity contribution in [2.45, 2.75) is 211 Å². The number of carbonyl (C=O) groups excluding carboxylic acids is 16. The maximum absolute atomic E-state index is 15.6. The van der Waals surface area contributed by atoms with Crippen LogP contribution in [-0.4, -0.2) is 231 Å². The predicted molar refractivity (Wildman–Crippen MR) is 473 cm³/mol. The molecule has 2 unspecified atom stereocenters. The minimum absolute atomic E-state index is 0.0677. The van der Waals surface area contributed by atoms with Crippen molar-refractivity contribution in [3.8, 4) is 0 Å². The molecule has 22 N–H and O–H groups in total. The number of nitrogens with two attached hydrogens (primary N) is 2. The lowest BCUT2D eigenvalue weighted by molar-refractivity contribution is -0.142. The first-order valence-corrected chi connectivity index (χ1v) is 42.7. The average Bonchev–Trinajstić information content (AvgIpc) is 1.56. The zero-order chi connectivity index (χ0) is 93.5. The fraction of sp³-hybridized carbons (Fsp3) is 0.449. The number of benzene rings is 5. The third kappa shape index (κ3) is 31.5. The summed E-state index contributed by atoms with van der Waals surface area (Å²) in [5.41, 5.74) is 12.3. The van der Waals surface area contributed by atoms with E-state index in [-0.39, 0.29) is 93.4 Å². The van der Waals surface area contributed by atoms with E-state index in [4.69, 9.17) is 23.1 Å². The molecule has 18 amide bonds. The molecular weight excluding hydrogens is 1670 g/mol. The zero-order valence-corrected chi connectivity index (χ0v) is 73.1. The maximum atomic E-state index is 15.6. The number of hydrogen-bond donors (Lipinski definition) is 20. The molecule has 1 aromatic heterocycles. The van der Waals surface area contributed by atoms with E-state index < -0.39 is 199 Å². The van der Waals surface area contributed by atoms with Crippen LogP contribution in [-0.2, 0) is 99.2 Å². The van der Waals surface area contributed by atoms with E-state index in [2.05, 4.69) is 79.4 Å². The summed E-state index contributed by atoms with van der Waals surface area (Å²) in [6.45, 7) is 10.6. The van der Waals surface area contributed by atoms with Crippen molar-refractivity contribution in [2.24, 2.45) is 22.8 Å². The minimum Gasteiger partial charge on any atom is -0.396 e. The van der Waals surface area contributed by atoms with Gasteiger partial charge >= 0.3 is 12.1 Å². The van der Waals surface area contributed by atoms with Crippen molar-refractivity contribution in [3.05, 3.63) is 173 Å². The summed E-state index contributed by atoms with van der Waals surface area (Å²) in [5.74, 6) is -12.3. The molecule has 5 aromatic carbocycles. The van der Waals surface area contributed by atoms with Gasteiger partial charge in [-0.05, 0) is 139 Å². The van der Waals surface area contributed by atoms with Gasteiger partial charge in [0.1, 0.15) is 72.6 Å². The number of amides is 18. The molecule has 128 heavy (non-hydrogen) atoms. The van der Waals surface area contributed by atoms with Crippen molar-refractivity contribution in [1.82, 2.24) is 79.0 Å². The molecule has 39 heteroatoms. The number of aliphatic hydroxyl groups is 3. The van der Waals surface area contributed by atoms with Crippen molar-refractivity contribution < 1.29 is 92.0 Å². The standard InChI is InChI=1S/C89H116ClN19O19/c1-49(2)38-63(77(117)99-62(17-10-11-35-94-50(3)4)86(126)109-37-13-18-71(109)84(124)96-51(5)75(91)115)100-78(118)65(41-53-22-29-60(30-23-53)97-72(112)33-36-95-85(125)74(114)89(6,7)48-111)101-80(120)66(42-54-24-31-61(32-25-54)98-76(116)69-45-73(113)108-88(128)107-69)104-83(123)70(47-110)105-81(121)67(44-56-14-12-34-93-46-56)103-79(119)64(40-52-20-27-59(90)28-21-52)102-82(122)68(106-87(92)127)43-55-19-26-57-15-8-9-16-58(57)39-55/h8-9,12,14-16,19-32,34,39,46,49-51,62-71,74,94,110-111,114H,10-11,13,17-18,33,35-38,40-45,47-48H2,1-7H3,(H2,91,115)(H,95,125)(H,96,124)(H,97,112)(H,98,116)(H,99,117)(H,100,118)(H,101,120)(H,102,122)(H,103,119)(H,104,123)(H,105,121)(H3,92,106,127)(H2,107,108,113,128)/t51-,62+,63+,64-,65-,66+,67-,68-,69?,70+,71+,74?/m1/s1. The average molecular weight is 1790 g/mol. The number of imide groups is 1. The Labute approximate surface area is 745 Å². The zero-order valence-electron chi connectivity index (χ0n) is 72.4. The molecule has 3 heterocycles. The van der Waals surface area contributed by atoms with Crippen molar-refractivity contribution in [2.75, 3.05) is 43.5 Å². The number of fused-ring (bicyclic) bond motifs is 1. The van der Waals surface area contributed by atoms with Crippen LogP contribution in [0.1, 0.15) is 128 Å². The van der Waals surface area contributed by atoms with E-state index in [1.54, 1.807) is 56.3 Å². The largest absolute Gasteiger partial charge is 0.396 e. The highest BCUT2D eigenvalue weighted by atomic mass is 35.5. The van der Waals surface area contributed by atoms with Crippen molar-refractivity contribution in [1.29, 1.82) is 0 Å². The third-order valence-corrected chi connectivity index (χ3v) is 21.7. The molecule has 0 aliphatic carbocycles. The normalized spacial score (nSPS) is 16.1. The Kier molecular flexibility index (Phi) is 38.1. The van der Waals surface area contributed by atoms with Gasteiger partial charge in [-0.15, -0.1) is 0 Å². The lowest BCUT2D eigenvalue weighted by Gasteiger charge is -2.31. The second-order valence-electron chi connectivity index (χ2n) is 33.2. The summed E-state index contributed by atoms with van der Waals surface area (Å²) in [7, 11) is 0. The first kappa shape index (κ1) is 100. The van der Waals surface area contributed by atoms with Gasteiger partial charge in [0.15, 0.2) is 0 Å². The Hall–Kier alpha value is -13.0. The summed E-state index contributed by atoms with van der Waals surface area (Å²) >= 11 is 6.27. The summed E-state index contributed by atoms with van der Waals surface area (Å²) < 4.78 is 0. The Bertz CT molecular complexity index is 4900. The number of aliphatic hydroxyl groups excluding tert-OH is 3.